The number of nitrogens with two attached hydrogens (primary N) is 1. The van der Waals surface area contributed by atoms with Crippen molar-refractivity contribution in [2.45, 2.75) is 0 Å². The molecule has 0 amide bonds. The molecular weight excluding hydrogens is 253 g/mol. The van der Waals surface area contributed by atoms with Gasteiger partial charge in [-0.3, -0.25) is 0 Å². The summed E-state index contributed by atoms with van der Waals surface area (Å²) in [5.41, 5.74) is 5.93. The van der Waals surface area contributed by atoms with Crippen LogP contribution in [-0.2, 0) is 0 Å². The Morgan fingerprint density at radius 2 is 2.21 bits per heavy atom. The molecule has 5 nitrogen and oxygen atoms in total. The van der Waals surface area contributed by atoms with Gasteiger partial charge in [0.05, 0.1) is 10.2 Å². The fourth-order valence-corrected chi connectivity index (χ4v) is 1.24. The second-order valence-electron chi connectivity index (χ2n) is 2.55. The van der Waals surface area contributed by atoms with Crippen LogP contribution in [0.4, 0.5) is 10.3 Å². The highest BCUT2D eigenvalue weighted by molar-refractivity contribution is 9.10. The Kier molecular flexibility index (Phi) is 2.16. The Morgan fingerprint density at radius 1 is 1.43 bits per heavy atom. The van der Waals surface area contributed by atoms with Gasteiger partial charge in [0.1, 0.15) is 5.82 Å². The van der Waals surface area contributed by atoms with Crippen LogP contribution in [0.15, 0.2) is 22.7 Å². The van der Waals surface area contributed by atoms with Crippen molar-refractivity contribution in [3.63, 3.8) is 0 Å². The summed E-state index contributed by atoms with van der Waals surface area (Å²) in [6.07, 6.45) is 0. The summed E-state index contributed by atoms with van der Waals surface area (Å²) >= 11 is 3.04. The summed E-state index contributed by atoms with van der Waals surface area (Å²) in [5.74, 6) is -0.274. The summed E-state index contributed by atoms with van der Waals surface area (Å²) in [6, 6.07) is 4.50. The summed E-state index contributed by atoms with van der Waals surface area (Å²) in [6.45, 7) is 0. The Morgan fingerprint density at radius 3 is 2.79 bits per heavy atom. The lowest BCUT2D eigenvalue weighted by atomic mass is 10.3. The molecule has 14 heavy (non-hydrogen) atoms. The van der Waals surface area contributed by atoms with E-state index in [1.165, 1.54) is 10.7 Å². The lowest BCUT2D eigenvalue weighted by Gasteiger charge is -2.01. The van der Waals surface area contributed by atoms with E-state index in [9.17, 15) is 4.39 Å². The van der Waals surface area contributed by atoms with Crippen LogP contribution in [0, 0.1) is 5.82 Å². The van der Waals surface area contributed by atoms with Gasteiger partial charge in [0.15, 0.2) is 0 Å². The number of nitrogens with zero attached hydrogens (tertiary/aromatic N) is 4. The number of aromatic nitrogens is 4. The third-order valence-corrected chi connectivity index (χ3v) is 2.28. The van der Waals surface area contributed by atoms with Crippen molar-refractivity contribution in [2.24, 2.45) is 0 Å². The molecule has 0 atom stereocenters. The average Bonchev–Trinajstić information content (AvgIpc) is 2.57. The minimum absolute atomic E-state index is 0.117. The zero-order valence-electron chi connectivity index (χ0n) is 6.85. The number of benzene rings is 1. The number of nitrogen functional groups attached to an aromatic ring is 1. The van der Waals surface area contributed by atoms with Crippen LogP contribution in [0.2, 0.25) is 0 Å². The SMILES string of the molecule is Nc1nnnn1-c1ccc(Br)c(F)c1. The standard InChI is InChI=1S/C7H5BrFN5/c8-5-2-1-4(3-6(5)9)14-7(10)11-12-13-14/h1-3H,(H2,10,11,13). The first-order valence-corrected chi connectivity index (χ1v) is 4.47. The molecule has 7 heteroatoms. The highest BCUT2D eigenvalue weighted by Crippen LogP contribution is 2.18. The monoisotopic (exact) mass is 257 g/mol. The molecule has 0 spiro atoms. The van der Waals surface area contributed by atoms with Crippen molar-refractivity contribution < 1.29 is 4.39 Å². The second kappa shape index (κ2) is 3.33. The molecule has 0 aliphatic carbocycles. The van der Waals surface area contributed by atoms with Crippen molar-refractivity contribution in [2.75, 3.05) is 5.73 Å². The first-order valence-electron chi connectivity index (χ1n) is 3.68. The third kappa shape index (κ3) is 1.46. The number of rotatable bonds is 1. The van der Waals surface area contributed by atoms with E-state index in [0.717, 1.165) is 0 Å². The van der Waals surface area contributed by atoms with Crippen molar-refractivity contribution in [1.82, 2.24) is 20.2 Å². The van der Waals surface area contributed by atoms with Crippen LogP contribution in [0.3, 0.4) is 0 Å². The van der Waals surface area contributed by atoms with Gasteiger partial charge >= 0.3 is 0 Å². The largest absolute Gasteiger partial charge is 0.366 e. The third-order valence-electron chi connectivity index (χ3n) is 1.64. The molecular formula is C7H5BrFN5. The van der Waals surface area contributed by atoms with Gasteiger partial charge < -0.3 is 5.73 Å². The molecule has 0 saturated carbocycles. The number of hydrogen-bond donors (Lipinski definition) is 1. The minimum atomic E-state index is -0.391. The maximum Gasteiger partial charge on any atom is 0.245 e. The molecule has 1 aromatic heterocycles. The van der Waals surface area contributed by atoms with Gasteiger partial charge in [-0.25, -0.2) is 4.39 Å². The molecule has 0 fully saturated rings. The molecule has 0 radical (unpaired) electrons. The number of tetrazole rings is 1. The van der Waals surface area contributed by atoms with E-state index in [4.69, 9.17) is 5.73 Å². The number of anilines is 1. The topological polar surface area (TPSA) is 69.6 Å². The Labute approximate surface area is 86.8 Å². The van der Waals surface area contributed by atoms with E-state index in [2.05, 4.69) is 31.5 Å². The minimum Gasteiger partial charge on any atom is -0.366 e. The molecule has 0 unspecified atom stereocenters. The van der Waals surface area contributed by atoms with Gasteiger partial charge in [-0.1, -0.05) is 5.10 Å². The van der Waals surface area contributed by atoms with Gasteiger partial charge in [-0.15, -0.1) is 0 Å². The Balaban J connectivity index is 2.53. The predicted molar refractivity (Wildman–Crippen MR) is 51.2 cm³/mol. The first-order chi connectivity index (χ1) is 6.68. The maximum absolute atomic E-state index is 13.1. The second-order valence-corrected chi connectivity index (χ2v) is 3.40. The van der Waals surface area contributed by atoms with Crippen molar-refractivity contribution in [3.05, 3.63) is 28.5 Å². The normalized spacial score (nSPS) is 10.4. The summed E-state index contributed by atoms with van der Waals surface area (Å²) in [7, 11) is 0. The van der Waals surface area contributed by atoms with E-state index in [1.54, 1.807) is 12.1 Å². The smallest absolute Gasteiger partial charge is 0.245 e. The lowest BCUT2D eigenvalue weighted by Crippen LogP contribution is -2.02. The zero-order valence-corrected chi connectivity index (χ0v) is 8.44. The first kappa shape index (κ1) is 9.07. The van der Waals surface area contributed by atoms with Gasteiger partial charge in [0.2, 0.25) is 5.95 Å². The fourth-order valence-electron chi connectivity index (χ4n) is 0.995. The van der Waals surface area contributed by atoms with Crippen LogP contribution in [-0.4, -0.2) is 20.2 Å². The summed E-state index contributed by atoms with van der Waals surface area (Å²) < 4.78 is 14.8. The summed E-state index contributed by atoms with van der Waals surface area (Å²) in [5, 5.41) is 10.4. The van der Waals surface area contributed by atoms with Gasteiger partial charge in [0, 0.05) is 6.07 Å². The van der Waals surface area contributed by atoms with Crippen molar-refractivity contribution in [3.8, 4) is 5.69 Å². The number of halogens is 2. The fraction of sp³-hybridized carbons (Fsp3) is 0. The van der Waals surface area contributed by atoms with E-state index < -0.39 is 5.82 Å². The van der Waals surface area contributed by atoms with Crippen LogP contribution >= 0.6 is 15.9 Å². The molecule has 0 saturated heterocycles. The molecule has 2 N–H and O–H groups in total. The van der Waals surface area contributed by atoms with Crippen LogP contribution < -0.4 is 5.73 Å². The van der Waals surface area contributed by atoms with Gasteiger partial charge in [0.25, 0.3) is 0 Å². The molecule has 1 heterocycles. The molecule has 0 aliphatic rings. The highest BCUT2D eigenvalue weighted by atomic mass is 79.9. The number of hydrogen-bond acceptors (Lipinski definition) is 4. The molecule has 2 rings (SSSR count). The summed E-state index contributed by atoms with van der Waals surface area (Å²) in [4.78, 5) is 0. The molecule has 0 aliphatic heterocycles. The van der Waals surface area contributed by atoms with Crippen LogP contribution in [0.1, 0.15) is 0 Å². The van der Waals surface area contributed by atoms with E-state index in [-0.39, 0.29) is 5.95 Å². The predicted octanol–water partition coefficient (Wildman–Crippen LogP) is 1.15. The lowest BCUT2D eigenvalue weighted by molar-refractivity contribution is 0.618. The Bertz CT molecular complexity index is 469. The van der Waals surface area contributed by atoms with Crippen molar-refractivity contribution >= 4 is 21.9 Å². The van der Waals surface area contributed by atoms with Crippen LogP contribution in [0.25, 0.3) is 5.69 Å². The van der Waals surface area contributed by atoms with Gasteiger partial charge in [-0.2, -0.15) is 4.68 Å². The maximum atomic E-state index is 13.1. The quantitative estimate of drug-likeness (QED) is 0.832. The molecule has 1 aromatic carbocycles. The van der Waals surface area contributed by atoms with Crippen LogP contribution in [0.5, 0.6) is 0 Å². The highest BCUT2D eigenvalue weighted by Gasteiger charge is 2.06. The molecule has 2 aromatic rings. The van der Waals surface area contributed by atoms with Gasteiger partial charge in [-0.05, 0) is 38.5 Å². The zero-order chi connectivity index (χ0) is 10.1. The van der Waals surface area contributed by atoms with E-state index in [1.807, 2.05) is 0 Å². The average molecular weight is 258 g/mol. The Hall–Kier alpha value is -1.50. The molecule has 0 bridgehead atoms. The van der Waals surface area contributed by atoms with E-state index in [0.29, 0.717) is 10.2 Å². The van der Waals surface area contributed by atoms with E-state index >= 15 is 0 Å². The molecule has 72 valence electrons. The van der Waals surface area contributed by atoms with Crippen molar-refractivity contribution in [1.29, 1.82) is 0 Å².